The van der Waals surface area contributed by atoms with Crippen LogP contribution in [-0.4, -0.2) is 58.7 Å². The monoisotopic (exact) mass is 559 g/mol. The molecule has 4 rings (SSSR count). The fraction of sp³-hybridized carbons (Fsp3) is 0.429. The van der Waals surface area contributed by atoms with E-state index in [4.69, 9.17) is 11.5 Å². The van der Waals surface area contributed by atoms with Crippen molar-refractivity contribution < 1.29 is 32.3 Å². The number of fused-ring (bicyclic) bond motifs is 1. The molecule has 40 heavy (non-hydrogen) atoms. The number of carbonyl (C=O) groups is 4. The maximum atomic E-state index is 14.5. The van der Waals surface area contributed by atoms with Gasteiger partial charge in [-0.2, -0.15) is 0 Å². The number of benzene rings is 2. The lowest BCUT2D eigenvalue weighted by Crippen LogP contribution is -2.54. The van der Waals surface area contributed by atoms with Crippen molar-refractivity contribution in [2.45, 2.75) is 69.2 Å². The van der Waals surface area contributed by atoms with E-state index in [-0.39, 0.29) is 36.8 Å². The molecule has 0 radical (unpaired) electrons. The fourth-order valence-corrected chi connectivity index (χ4v) is 5.22. The van der Waals surface area contributed by atoms with Crippen LogP contribution in [0.3, 0.4) is 0 Å². The summed E-state index contributed by atoms with van der Waals surface area (Å²) in [5.74, 6) is -5.92. The van der Waals surface area contributed by atoms with Gasteiger partial charge in [-0.25, -0.2) is 13.2 Å². The zero-order valence-electron chi connectivity index (χ0n) is 21.9. The van der Waals surface area contributed by atoms with E-state index in [1.807, 2.05) is 30.3 Å². The summed E-state index contributed by atoms with van der Waals surface area (Å²) in [6.45, 7) is 1.41. The van der Waals surface area contributed by atoms with E-state index in [1.165, 1.54) is 11.8 Å². The van der Waals surface area contributed by atoms with E-state index >= 15 is 0 Å². The molecular weight excluding hydrogens is 527 g/mol. The summed E-state index contributed by atoms with van der Waals surface area (Å²) in [5, 5.41) is 5.13. The average molecular weight is 560 g/mol. The Labute approximate surface area is 229 Å². The molecule has 4 amide bonds. The predicted octanol–water partition coefficient (Wildman–Crippen LogP) is 1.07. The molecule has 9 nitrogen and oxygen atoms in total. The minimum atomic E-state index is -1.37. The molecule has 1 aliphatic carbocycles. The highest BCUT2D eigenvalue weighted by molar-refractivity contribution is 5.91. The van der Waals surface area contributed by atoms with Gasteiger partial charge in [0.25, 0.3) is 0 Å². The number of rotatable bonds is 11. The van der Waals surface area contributed by atoms with Gasteiger partial charge < -0.3 is 27.0 Å². The first-order valence-electron chi connectivity index (χ1n) is 13.1. The van der Waals surface area contributed by atoms with Crippen LogP contribution in [0.2, 0.25) is 0 Å². The third kappa shape index (κ3) is 6.79. The number of amides is 4. The van der Waals surface area contributed by atoms with Crippen molar-refractivity contribution in [2.24, 2.45) is 17.4 Å². The summed E-state index contributed by atoms with van der Waals surface area (Å²) in [4.78, 5) is 52.2. The third-order valence-corrected chi connectivity index (χ3v) is 7.43. The number of hydrogen-bond donors (Lipinski definition) is 4. The molecule has 6 atom stereocenters. The number of primary amides is 1. The maximum Gasteiger partial charge on any atom is 0.242 e. The first kappa shape index (κ1) is 29.1. The SMILES string of the molecule is CC(NC(=O)C(N)Cc1ccccc1)C(=O)N[C@@H](CC(=O)N1C(C(N)=O)CC2CC21)Cc1cc(F)c(F)cc1F. The van der Waals surface area contributed by atoms with Crippen molar-refractivity contribution in [3.8, 4) is 0 Å². The fourth-order valence-electron chi connectivity index (χ4n) is 5.22. The second kappa shape index (κ2) is 12.1. The number of nitrogens with two attached hydrogens (primary N) is 2. The van der Waals surface area contributed by atoms with Crippen LogP contribution in [0.5, 0.6) is 0 Å². The predicted molar refractivity (Wildman–Crippen MR) is 139 cm³/mol. The Morgan fingerprint density at radius 2 is 1.62 bits per heavy atom. The Kier molecular flexibility index (Phi) is 8.77. The summed E-state index contributed by atoms with van der Waals surface area (Å²) in [5.41, 5.74) is 12.1. The van der Waals surface area contributed by atoms with E-state index in [0.29, 0.717) is 18.6 Å². The molecular formula is C28H32F3N5O4. The average Bonchev–Trinajstić information content (AvgIpc) is 3.56. The van der Waals surface area contributed by atoms with E-state index in [0.717, 1.165) is 12.0 Å². The van der Waals surface area contributed by atoms with Gasteiger partial charge in [0.15, 0.2) is 11.6 Å². The van der Waals surface area contributed by atoms with Gasteiger partial charge >= 0.3 is 0 Å². The molecule has 1 saturated carbocycles. The first-order chi connectivity index (χ1) is 18.9. The highest BCUT2D eigenvalue weighted by atomic mass is 19.2. The minimum Gasteiger partial charge on any atom is -0.368 e. The van der Waals surface area contributed by atoms with Crippen molar-refractivity contribution in [1.29, 1.82) is 0 Å². The van der Waals surface area contributed by atoms with Crippen LogP contribution in [0.25, 0.3) is 0 Å². The molecule has 2 aromatic rings. The Morgan fingerprint density at radius 1 is 0.950 bits per heavy atom. The van der Waals surface area contributed by atoms with Gasteiger partial charge in [-0.1, -0.05) is 30.3 Å². The molecule has 214 valence electrons. The van der Waals surface area contributed by atoms with Crippen molar-refractivity contribution in [1.82, 2.24) is 15.5 Å². The van der Waals surface area contributed by atoms with E-state index < -0.39 is 65.2 Å². The summed E-state index contributed by atoms with van der Waals surface area (Å²) in [6.07, 6.45) is 0.722. The number of piperidine rings is 1. The molecule has 5 unspecified atom stereocenters. The molecule has 2 aromatic carbocycles. The van der Waals surface area contributed by atoms with Crippen molar-refractivity contribution in [2.75, 3.05) is 0 Å². The first-order valence-corrected chi connectivity index (χ1v) is 13.1. The molecule has 0 bridgehead atoms. The zero-order chi connectivity index (χ0) is 29.1. The summed E-state index contributed by atoms with van der Waals surface area (Å²) < 4.78 is 41.8. The second-order valence-electron chi connectivity index (χ2n) is 10.5. The number of hydrogen-bond acceptors (Lipinski definition) is 5. The van der Waals surface area contributed by atoms with Gasteiger partial charge in [-0.15, -0.1) is 0 Å². The maximum absolute atomic E-state index is 14.5. The number of nitrogens with one attached hydrogen (secondary N) is 2. The Bertz CT molecular complexity index is 1290. The van der Waals surface area contributed by atoms with Crippen molar-refractivity contribution in [3.05, 3.63) is 71.0 Å². The standard InChI is InChI=1S/C28H32F3N5O4/c1-14(34-28(40)22(32)7-15-5-3-2-4-6-15)27(39)35-18(8-16-9-20(30)21(31)13-19(16)29)12-25(37)36-23-10-17(23)11-24(36)26(33)38/h2-6,9,13-14,17-18,22-24H,7-8,10-12,32H2,1H3,(H2,33,38)(H,34,40)(H,35,39)/t14?,17?,18-,22?,23?,24?/m1/s1. The van der Waals surface area contributed by atoms with Crippen LogP contribution in [0.15, 0.2) is 42.5 Å². The van der Waals surface area contributed by atoms with Gasteiger partial charge in [0.1, 0.15) is 17.9 Å². The molecule has 0 aromatic heterocycles. The smallest absolute Gasteiger partial charge is 0.242 e. The molecule has 1 heterocycles. The van der Waals surface area contributed by atoms with E-state index in [1.54, 1.807) is 0 Å². The van der Waals surface area contributed by atoms with Crippen LogP contribution in [0.1, 0.15) is 37.3 Å². The number of halogens is 3. The molecule has 2 aliphatic rings. The second-order valence-corrected chi connectivity index (χ2v) is 10.5. The van der Waals surface area contributed by atoms with Gasteiger partial charge in [0, 0.05) is 24.6 Å². The largest absolute Gasteiger partial charge is 0.368 e. The molecule has 1 saturated heterocycles. The van der Waals surface area contributed by atoms with Crippen molar-refractivity contribution in [3.63, 3.8) is 0 Å². The van der Waals surface area contributed by atoms with Gasteiger partial charge in [0.2, 0.25) is 23.6 Å². The van der Waals surface area contributed by atoms with E-state index in [2.05, 4.69) is 10.6 Å². The minimum absolute atomic E-state index is 0.134. The van der Waals surface area contributed by atoms with Gasteiger partial charge in [-0.05, 0) is 55.7 Å². The summed E-state index contributed by atoms with van der Waals surface area (Å²) in [6, 6.07) is 6.14. The summed E-state index contributed by atoms with van der Waals surface area (Å²) >= 11 is 0. The number of carbonyl (C=O) groups excluding carboxylic acids is 4. The van der Waals surface area contributed by atoms with E-state index in [9.17, 15) is 32.3 Å². The third-order valence-electron chi connectivity index (χ3n) is 7.43. The number of likely N-dealkylation sites (tertiary alicyclic amines) is 1. The molecule has 6 N–H and O–H groups in total. The summed E-state index contributed by atoms with van der Waals surface area (Å²) in [7, 11) is 0. The Morgan fingerprint density at radius 3 is 2.30 bits per heavy atom. The molecule has 12 heteroatoms. The lowest BCUT2D eigenvalue weighted by atomic mass is 10.0. The van der Waals surface area contributed by atoms with Crippen LogP contribution >= 0.6 is 0 Å². The van der Waals surface area contributed by atoms with Crippen LogP contribution < -0.4 is 22.1 Å². The highest BCUT2D eigenvalue weighted by Crippen LogP contribution is 2.48. The Hall–Kier alpha value is -3.93. The lowest BCUT2D eigenvalue weighted by Gasteiger charge is -2.28. The Balaban J connectivity index is 1.45. The quantitative estimate of drug-likeness (QED) is 0.304. The van der Waals surface area contributed by atoms with Crippen molar-refractivity contribution >= 4 is 23.6 Å². The normalized spacial score (nSPS) is 21.6. The van der Waals surface area contributed by atoms with Gasteiger partial charge in [0.05, 0.1) is 6.04 Å². The molecule has 1 aliphatic heterocycles. The molecule has 0 spiro atoms. The van der Waals surface area contributed by atoms with Crippen LogP contribution in [-0.2, 0) is 32.0 Å². The number of nitrogens with zero attached hydrogens (tertiary/aromatic N) is 1. The van der Waals surface area contributed by atoms with Gasteiger partial charge in [-0.3, -0.25) is 19.2 Å². The lowest BCUT2D eigenvalue weighted by molar-refractivity contribution is -0.139. The zero-order valence-corrected chi connectivity index (χ0v) is 21.9. The topological polar surface area (TPSA) is 148 Å². The molecule has 2 fully saturated rings. The highest BCUT2D eigenvalue weighted by Gasteiger charge is 2.55. The van der Waals surface area contributed by atoms with Crippen LogP contribution in [0.4, 0.5) is 13.2 Å². The van der Waals surface area contributed by atoms with Crippen LogP contribution in [0, 0.1) is 23.4 Å².